The molecule has 0 aliphatic heterocycles. The van der Waals surface area contributed by atoms with E-state index < -0.39 is 0 Å². The first kappa shape index (κ1) is 5.43. The topological polar surface area (TPSA) is 43.6 Å². The number of hydrogen-bond donors (Lipinski definition) is 0. The van der Waals surface area contributed by atoms with Crippen molar-refractivity contribution < 1.29 is 0 Å². The average molecular weight is 129 g/mol. The van der Waals surface area contributed by atoms with Crippen LogP contribution in [-0.2, 0) is 6.42 Å². The van der Waals surface area contributed by atoms with Crippen LogP contribution < -0.4 is 0 Å². The second-order valence-electron chi connectivity index (χ2n) is 1.32. The molecule has 0 amide bonds. The lowest BCUT2D eigenvalue weighted by Crippen LogP contribution is -1.90. The van der Waals surface area contributed by atoms with Gasteiger partial charge in [0.05, 0.1) is 0 Å². The Morgan fingerprint density at radius 1 is 1.75 bits per heavy atom. The molecule has 0 aliphatic carbocycles. The van der Waals surface area contributed by atoms with Gasteiger partial charge < -0.3 is 0 Å². The molecule has 0 unspecified atom stereocenters. The molecular weight excluding hydrogens is 124 g/mol. The molecule has 0 spiro atoms. The highest BCUT2D eigenvalue weighted by atomic mass is 32.1. The molecule has 4 nitrogen and oxygen atoms in total. The summed E-state index contributed by atoms with van der Waals surface area (Å²) in [5.41, 5.74) is 0. The van der Waals surface area contributed by atoms with Gasteiger partial charge in [0.1, 0.15) is 0 Å². The summed E-state index contributed by atoms with van der Waals surface area (Å²) in [7, 11) is 0. The van der Waals surface area contributed by atoms with Gasteiger partial charge >= 0.3 is 0 Å². The summed E-state index contributed by atoms with van der Waals surface area (Å²) in [5, 5.41) is 10.4. The van der Waals surface area contributed by atoms with Gasteiger partial charge in [0, 0.05) is 19.2 Å². The Hall–Kier alpha value is -0.710. The van der Waals surface area contributed by atoms with E-state index in [0.29, 0.717) is 0 Å². The maximum absolute atomic E-state index is 4.67. The minimum absolute atomic E-state index is 0.736. The molecule has 0 saturated carbocycles. The Morgan fingerprint density at radius 3 is 2.75 bits per heavy atom. The SMILES string of the molecule is CCc1nnnn1[S]. The summed E-state index contributed by atoms with van der Waals surface area (Å²) in [6.45, 7) is 1.95. The highest BCUT2D eigenvalue weighted by molar-refractivity contribution is 7.78. The first-order chi connectivity index (χ1) is 3.84. The molecule has 0 aliphatic rings. The van der Waals surface area contributed by atoms with E-state index in [4.69, 9.17) is 0 Å². The molecule has 1 aromatic rings. The van der Waals surface area contributed by atoms with E-state index in [-0.39, 0.29) is 0 Å². The Bertz CT molecular complexity index is 172. The van der Waals surface area contributed by atoms with Crippen molar-refractivity contribution in [1.29, 1.82) is 0 Å². The van der Waals surface area contributed by atoms with E-state index in [1.165, 1.54) is 4.09 Å². The van der Waals surface area contributed by atoms with Crippen LogP contribution >= 0.6 is 12.8 Å². The first-order valence-corrected chi connectivity index (χ1v) is 2.66. The van der Waals surface area contributed by atoms with Gasteiger partial charge in [-0.25, -0.2) is 0 Å². The van der Waals surface area contributed by atoms with Gasteiger partial charge in [0.15, 0.2) is 5.82 Å². The molecule has 8 heavy (non-hydrogen) atoms. The normalized spacial score (nSPS) is 9.62. The molecule has 5 heteroatoms. The van der Waals surface area contributed by atoms with Crippen molar-refractivity contribution >= 4 is 12.8 Å². The molecule has 0 fully saturated rings. The third kappa shape index (κ3) is 0.764. The fourth-order valence-corrected chi connectivity index (χ4v) is 0.602. The van der Waals surface area contributed by atoms with Crippen molar-refractivity contribution in [2.75, 3.05) is 0 Å². The zero-order valence-electron chi connectivity index (χ0n) is 4.40. The van der Waals surface area contributed by atoms with Gasteiger partial charge in [-0.2, -0.15) is 0 Å². The summed E-state index contributed by atoms with van der Waals surface area (Å²) < 4.78 is 1.25. The van der Waals surface area contributed by atoms with Crippen LogP contribution in [0.4, 0.5) is 0 Å². The Morgan fingerprint density at radius 2 is 2.50 bits per heavy atom. The van der Waals surface area contributed by atoms with Crippen LogP contribution in [0.2, 0.25) is 0 Å². The molecule has 0 saturated heterocycles. The molecule has 0 aromatic carbocycles. The molecule has 1 radical (unpaired) electrons. The summed E-state index contributed by atoms with van der Waals surface area (Å²) in [6, 6.07) is 0. The van der Waals surface area contributed by atoms with Gasteiger partial charge in [-0.05, 0) is 10.4 Å². The summed E-state index contributed by atoms with van der Waals surface area (Å²) in [6.07, 6.45) is 0.788. The van der Waals surface area contributed by atoms with Gasteiger partial charge in [-0.3, -0.25) is 0 Å². The van der Waals surface area contributed by atoms with Crippen molar-refractivity contribution in [2.24, 2.45) is 0 Å². The van der Waals surface area contributed by atoms with Crippen LogP contribution in [0.5, 0.6) is 0 Å². The van der Waals surface area contributed by atoms with Crippen molar-refractivity contribution in [3.8, 4) is 0 Å². The summed E-state index contributed by atoms with van der Waals surface area (Å²) in [4.78, 5) is 0. The lowest BCUT2D eigenvalue weighted by atomic mass is 10.5. The van der Waals surface area contributed by atoms with E-state index in [1.54, 1.807) is 0 Å². The van der Waals surface area contributed by atoms with Crippen molar-refractivity contribution in [1.82, 2.24) is 19.6 Å². The van der Waals surface area contributed by atoms with Crippen LogP contribution in [0.3, 0.4) is 0 Å². The van der Waals surface area contributed by atoms with Crippen molar-refractivity contribution in [3.05, 3.63) is 5.82 Å². The molecule has 0 N–H and O–H groups in total. The van der Waals surface area contributed by atoms with Crippen LogP contribution in [-0.4, -0.2) is 19.6 Å². The van der Waals surface area contributed by atoms with E-state index in [0.717, 1.165) is 12.2 Å². The van der Waals surface area contributed by atoms with E-state index >= 15 is 0 Å². The summed E-state index contributed by atoms with van der Waals surface area (Å²) >= 11 is 4.67. The number of hydrogen-bond acceptors (Lipinski definition) is 3. The standard InChI is InChI=1S/C3H5N4S/c1-2-3-4-5-6-7(3)8/h2H2,1H3. The Labute approximate surface area is 52.4 Å². The van der Waals surface area contributed by atoms with Crippen LogP contribution in [0.15, 0.2) is 0 Å². The number of rotatable bonds is 1. The van der Waals surface area contributed by atoms with Crippen molar-refractivity contribution in [3.63, 3.8) is 0 Å². The average Bonchev–Trinajstić information content (AvgIpc) is 2.14. The molecular formula is C3H5N4S. The third-order valence-electron chi connectivity index (χ3n) is 0.818. The molecule has 0 atom stereocenters. The number of aryl methyl sites for hydroxylation is 1. The van der Waals surface area contributed by atoms with E-state index in [1.807, 2.05) is 6.92 Å². The number of nitrogens with zero attached hydrogens (tertiary/aromatic N) is 4. The second kappa shape index (κ2) is 2.04. The summed E-state index contributed by atoms with van der Waals surface area (Å²) in [5.74, 6) is 0.736. The largest absolute Gasteiger partial charge is 0.168 e. The van der Waals surface area contributed by atoms with Crippen LogP contribution in [0, 0.1) is 0 Å². The van der Waals surface area contributed by atoms with Gasteiger partial charge in [0.25, 0.3) is 0 Å². The fourth-order valence-electron chi connectivity index (χ4n) is 0.404. The molecule has 1 heterocycles. The lowest BCUT2D eigenvalue weighted by Gasteiger charge is -1.83. The lowest BCUT2D eigenvalue weighted by molar-refractivity contribution is 0.851. The second-order valence-corrected chi connectivity index (χ2v) is 1.67. The first-order valence-electron chi connectivity index (χ1n) is 2.29. The quantitative estimate of drug-likeness (QED) is 0.544. The van der Waals surface area contributed by atoms with Gasteiger partial charge in [-0.15, -0.1) is 9.19 Å². The number of aromatic nitrogens is 4. The highest BCUT2D eigenvalue weighted by Gasteiger charge is 1.96. The van der Waals surface area contributed by atoms with Crippen LogP contribution in [0.1, 0.15) is 12.7 Å². The smallest absolute Gasteiger partial charge is 0.139 e. The molecule has 0 bridgehead atoms. The zero-order chi connectivity index (χ0) is 5.98. The zero-order valence-corrected chi connectivity index (χ0v) is 5.22. The predicted molar refractivity (Wildman–Crippen MR) is 30.2 cm³/mol. The van der Waals surface area contributed by atoms with Crippen molar-refractivity contribution in [2.45, 2.75) is 13.3 Å². The maximum Gasteiger partial charge on any atom is 0.168 e. The molecule has 1 rings (SSSR count). The minimum atomic E-state index is 0.736. The van der Waals surface area contributed by atoms with E-state index in [2.05, 4.69) is 28.3 Å². The van der Waals surface area contributed by atoms with E-state index in [9.17, 15) is 0 Å². The Kier molecular flexibility index (Phi) is 1.38. The molecule has 1 aromatic heterocycles. The van der Waals surface area contributed by atoms with Gasteiger partial charge in [-0.1, -0.05) is 6.92 Å². The van der Waals surface area contributed by atoms with Gasteiger partial charge in [0.2, 0.25) is 0 Å². The fraction of sp³-hybridized carbons (Fsp3) is 0.667. The van der Waals surface area contributed by atoms with Crippen LogP contribution in [0.25, 0.3) is 0 Å². The maximum atomic E-state index is 4.67. The third-order valence-corrected chi connectivity index (χ3v) is 1.10. The highest BCUT2D eigenvalue weighted by Crippen LogP contribution is 1.91. The number of tetrazole rings is 1. The molecule has 43 valence electrons. The monoisotopic (exact) mass is 129 g/mol. The predicted octanol–water partition coefficient (Wildman–Crippen LogP) is 0.196. The minimum Gasteiger partial charge on any atom is -0.139 e. The Balaban J connectivity index is 2.92.